The van der Waals surface area contributed by atoms with Crippen LogP contribution in [-0.4, -0.2) is 43.9 Å². The van der Waals surface area contributed by atoms with Gasteiger partial charge in [-0.2, -0.15) is 9.57 Å². The highest BCUT2D eigenvalue weighted by Crippen LogP contribution is 2.33. The molecule has 2 aromatic rings. The molecule has 0 spiro atoms. The Balaban J connectivity index is 2.08. The van der Waals surface area contributed by atoms with Gasteiger partial charge in [-0.3, -0.25) is 0 Å². The molecule has 0 radical (unpaired) electrons. The van der Waals surface area contributed by atoms with Crippen molar-refractivity contribution in [3.05, 3.63) is 58.6 Å². The summed E-state index contributed by atoms with van der Waals surface area (Å²) in [5.74, 6) is -1.32. The summed E-state index contributed by atoms with van der Waals surface area (Å²) in [6, 6.07) is 6.43. The van der Waals surface area contributed by atoms with Crippen LogP contribution in [0.15, 0.2) is 41.3 Å². The van der Waals surface area contributed by atoms with Gasteiger partial charge >= 0.3 is 0 Å². The normalized spacial score (nSPS) is 16.8. The fourth-order valence-corrected chi connectivity index (χ4v) is 5.33. The standard InChI is InChI=1S/C19H18ClF2N3O3S/c1-28-18-5-2-14(20)9-19(18)29(26,27)25(16-6-7-24(11-16)12-23)10-13-8-15(21)3-4-17(13)22/h2-5,8-9,16H,6-7,10-11H2,1H3. The van der Waals surface area contributed by atoms with Gasteiger partial charge in [-0.05, 0) is 42.8 Å². The summed E-state index contributed by atoms with van der Waals surface area (Å²) in [6.07, 6.45) is 2.36. The van der Waals surface area contributed by atoms with Crippen molar-refractivity contribution >= 4 is 21.6 Å². The summed E-state index contributed by atoms with van der Waals surface area (Å²) in [6.45, 7) is 0.118. The third kappa shape index (κ3) is 4.45. The molecule has 154 valence electrons. The Bertz CT molecular complexity index is 1060. The first-order valence-corrected chi connectivity index (χ1v) is 10.5. The average molecular weight is 442 g/mol. The third-order valence-corrected chi connectivity index (χ3v) is 6.91. The summed E-state index contributed by atoms with van der Waals surface area (Å²) in [7, 11) is -2.89. The second-order valence-corrected chi connectivity index (χ2v) is 8.87. The van der Waals surface area contributed by atoms with E-state index in [9.17, 15) is 17.2 Å². The molecule has 6 nitrogen and oxygen atoms in total. The second-order valence-electron chi connectivity index (χ2n) is 6.57. The van der Waals surface area contributed by atoms with Crippen molar-refractivity contribution < 1.29 is 21.9 Å². The number of halogens is 3. The van der Waals surface area contributed by atoms with Gasteiger partial charge in [0.1, 0.15) is 22.3 Å². The van der Waals surface area contributed by atoms with Crippen LogP contribution in [0.5, 0.6) is 5.75 Å². The lowest BCUT2D eigenvalue weighted by Crippen LogP contribution is -2.41. The van der Waals surface area contributed by atoms with Gasteiger partial charge in [0, 0.05) is 36.3 Å². The van der Waals surface area contributed by atoms with Crippen LogP contribution in [0, 0.1) is 23.1 Å². The van der Waals surface area contributed by atoms with E-state index in [0.29, 0.717) is 13.0 Å². The lowest BCUT2D eigenvalue weighted by molar-refractivity contribution is 0.308. The molecule has 1 aliphatic rings. The highest BCUT2D eigenvalue weighted by Gasteiger charge is 2.38. The minimum atomic E-state index is -4.21. The van der Waals surface area contributed by atoms with E-state index < -0.39 is 34.2 Å². The molecule has 0 saturated carbocycles. The molecule has 3 rings (SSSR count). The number of benzene rings is 2. The first-order valence-electron chi connectivity index (χ1n) is 8.70. The summed E-state index contributed by atoms with van der Waals surface area (Å²) in [5.41, 5.74) is -0.107. The maximum atomic E-state index is 14.3. The van der Waals surface area contributed by atoms with Crippen LogP contribution in [0.2, 0.25) is 5.02 Å². The van der Waals surface area contributed by atoms with E-state index in [1.807, 2.05) is 6.19 Å². The zero-order valence-electron chi connectivity index (χ0n) is 15.5. The van der Waals surface area contributed by atoms with Crippen LogP contribution < -0.4 is 4.74 Å². The van der Waals surface area contributed by atoms with E-state index in [2.05, 4.69) is 0 Å². The van der Waals surface area contributed by atoms with Crippen LogP contribution in [-0.2, 0) is 16.6 Å². The van der Waals surface area contributed by atoms with Crippen LogP contribution in [0.1, 0.15) is 12.0 Å². The molecule has 0 amide bonds. The third-order valence-electron chi connectivity index (χ3n) is 4.76. The van der Waals surface area contributed by atoms with Crippen molar-refractivity contribution in [2.45, 2.75) is 23.9 Å². The van der Waals surface area contributed by atoms with Crippen molar-refractivity contribution in [1.29, 1.82) is 5.26 Å². The Morgan fingerprint density at radius 3 is 2.72 bits per heavy atom. The number of rotatable bonds is 6. The predicted octanol–water partition coefficient (Wildman–Crippen LogP) is 3.37. The van der Waals surface area contributed by atoms with Gasteiger partial charge in [-0.25, -0.2) is 17.2 Å². The lowest BCUT2D eigenvalue weighted by Gasteiger charge is -2.28. The summed E-state index contributed by atoms with van der Waals surface area (Å²) in [5, 5.41) is 9.32. The largest absolute Gasteiger partial charge is 0.495 e. The topological polar surface area (TPSA) is 73.6 Å². The van der Waals surface area contributed by atoms with Gasteiger partial charge in [0.25, 0.3) is 0 Å². The molecule has 0 bridgehead atoms. The Kier molecular flexibility index (Phi) is 6.27. The minimum absolute atomic E-state index is 0.0780. The Morgan fingerprint density at radius 1 is 1.31 bits per heavy atom. The summed E-state index contributed by atoms with van der Waals surface area (Å²) < 4.78 is 61.2. The van der Waals surface area contributed by atoms with Crippen molar-refractivity contribution in [3.8, 4) is 11.9 Å². The maximum absolute atomic E-state index is 14.3. The zero-order valence-corrected chi connectivity index (χ0v) is 17.1. The summed E-state index contributed by atoms with van der Waals surface area (Å²) >= 11 is 6.00. The fourth-order valence-electron chi connectivity index (χ4n) is 3.29. The molecule has 1 aliphatic heterocycles. The smallest absolute Gasteiger partial charge is 0.247 e. The first-order chi connectivity index (χ1) is 13.8. The van der Waals surface area contributed by atoms with E-state index in [0.717, 1.165) is 22.5 Å². The van der Waals surface area contributed by atoms with Gasteiger partial charge in [-0.15, -0.1) is 0 Å². The average Bonchev–Trinajstić information content (AvgIpc) is 3.17. The minimum Gasteiger partial charge on any atom is -0.495 e. The number of hydrogen-bond donors (Lipinski definition) is 0. The van der Waals surface area contributed by atoms with Crippen LogP contribution in [0.25, 0.3) is 0 Å². The Hall–Kier alpha value is -2.41. The number of sulfonamides is 1. The number of likely N-dealkylation sites (tertiary alicyclic amines) is 1. The molecule has 1 atom stereocenters. The molecular weight excluding hydrogens is 424 g/mol. The molecule has 1 unspecified atom stereocenters. The molecule has 1 fully saturated rings. The SMILES string of the molecule is COc1ccc(Cl)cc1S(=O)(=O)N(Cc1cc(F)ccc1F)C1CCN(C#N)C1. The molecular formula is C19H18ClF2N3O3S. The molecule has 29 heavy (non-hydrogen) atoms. The number of nitriles is 1. The van der Waals surface area contributed by atoms with Crippen LogP contribution in [0.4, 0.5) is 8.78 Å². The van der Waals surface area contributed by atoms with Gasteiger partial charge in [0.15, 0.2) is 6.19 Å². The van der Waals surface area contributed by atoms with E-state index in [1.165, 1.54) is 30.2 Å². The lowest BCUT2D eigenvalue weighted by atomic mass is 10.2. The van der Waals surface area contributed by atoms with Crippen molar-refractivity contribution in [2.24, 2.45) is 0 Å². The van der Waals surface area contributed by atoms with E-state index in [-0.39, 0.29) is 27.8 Å². The van der Waals surface area contributed by atoms with Crippen LogP contribution >= 0.6 is 11.6 Å². The van der Waals surface area contributed by atoms with E-state index in [1.54, 1.807) is 0 Å². The van der Waals surface area contributed by atoms with Gasteiger partial charge < -0.3 is 9.64 Å². The Morgan fingerprint density at radius 2 is 2.07 bits per heavy atom. The zero-order chi connectivity index (χ0) is 21.2. The molecule has 2 aromatic carbocycles. The fraction of sp³-hybridized carbons (Fsp3) is 0.316. The maximum Gasteiger partial charge on any atom is 0.247 e. The van der Waals surface area contributed by atoms with Gasteiger partial charge in [0.2, 0.25) is 10.0 Å². The van der Waals surface area contributed by atoms with Crippen LogP contribution in [0.3, 0.4) is 0 Å². The highest BCUT2D eigenvalue weighted by atomic mass is 35.5. The number of nitrogens with zero attached hydrogens (tertiary/aromatic N) is 3. The number of ether oxygens (including phenoxy) is 1. The molecule has 1 saturated heterocycles. The quantitative estimate of drug-likeness (QED) is 0.642. The van der Waals surface area contributed by atoms with Crippen molar-refractivity contribution in [1.82, 2.24) is 9.21 Å². The monoisotopic (exact) mass is 441 g/mol. The second kappa shape index (κ2) is 8.53. The van der Waals surface area contributed by atoms with Crippen molar-refractivity contribution in [3.63, 3.8) is 0 Å². The molecule has 0 aliphatic carbocycles. The number of methoxy groups -OCH3 is 1. The first kappa shape index (κ1) is 21.3. The van der Waals surface area contributed by atoms with E-state index in [4.69, 9.17) is 21.6 Å². The summed E-state index contributed by atoms with van der Waals surface area (Å²) in [4.78, 5) is 1.24. The molecule has 0 aromatic heterocycles. The van der Waals surface area contributed by atoms with Gasteiger partial charge in [-0.1, -0.05) is 11.6 Å². The van der Waals surface area contributed by atoms with Crippen molar-refractivity contribution in [2.75, 3.05) is 20.2 Å². The molecule has 10 heteroatoms. The predicted molar refractivity (Wildman–Crippen MR) is 103 cm³/mol. The molecule has 0 N–H and O–H groups in total. The van der Waals surface area contributed by atoms with E-state index >= 15 is 0 Å². The Labute approximate surface area is 172 Å². The highest BCUT2D eigenvalue weighted by molar-refractivity contribution is 7.89. The molecule has 1 heterocycles. The van der Waals surface area contributed by atoms with Gasteiger partial charge in [0.05, 0.1) is 7.11 Å². The number of hydrogen-bond acceptors (Lipinski definition) is 5.